The van der Waals surface area contributed by atoms with Crippen molar-refractivity contribution in [1.82, 2.24) is 5.16 Å². The number of anilines is 2. The van der Waals surface area contributed by atoms with Gasteiger partial charge in [-0.05, 0) is 62.6 Å². The van der Waals surface area contributed by atoms with E-state index in [4.69, 9.17) is 15.4 Å². The monoisotopic (exact) mass is 394 g/mol. The molecule has 0 spiro atoms. The van der Waals surface area contributed by atoms with Crippen LogP contribution in [0.5, 0.6) is 0 Å². The van der Waals surface area contributed by atoms with Crippen LogP contribution in [0.2, 0.25) is 0 Å². The topological polar surface area (TPSA) is 81.3 Å². The first-order valence-corrected chi connectivity index (χ1v) is 10.1. The van der Waals surface area contributed by atoms with Crippen molar-refractivity contribution in [2.45, 2.75) is 27.7 Å². The minimum absolute atomic E-state index is 0.665. The van der Waals surface area contributed by atoms with Crippen LogP contribution in [0.15, 0.2) is 52.4 Å². The highest BCUT2D eigenvalue weighted by Crippen LogP contribution is 2.35. The third-order valence-electron chi connectivity index (χ3n) is 4.85. The summed E-state index contributed by atoms with van der Waals surface area (Å²) in [6.45, 7) is 9.04. The molecule has 0 saturated heterocycles. The summed E-state index contributed by atoms with van der Waals surface area (Å²) in [6.07, 6.45) is 0. The van der Waals surface area contributed by atoms with Crippen LogP contribution < -0.4 is 15.8 Å². The zero-order valence-corrected chi connectivity index (χ0v) is 17.5. The minimum Gasteiger partial charge on any atom is -0.398 e. The lowest BCUT2D eigenvalue weighted by Crippen LogP contribution is -2.17. The van der Waals surface area contributed by atoms with Crippen molar-refractivity contribution in [3.63, 3.8) is 0 Å². The van der Waals surface area contributed by atoms with Gasteiger partial charge in [0.25, 0.3) is 0 Å². The van der Waals surface area contributed by atoms with Gasteiger partial charge >= 0.3 is 0 Å². The number of rotatable bonds is 6. The zero-order valence-electron chi connectivity index (χ0n) is 16.7. The van der Waals surface area contributed by atoms with Crippen molar-refractivity contribution < 1.29 is 4.52 Å². The van der Waals surface area contributed by atoms with E-state index in [1.54, 1.807) is 5.41 Å². The first-order valence-electron chi connectivity index (χ1n) is 9.19. The Morgan fingerprint density at radius 1 is 1.14 bits per heavy atom. The molecule has 28 heavy (non-hydrogen) atoms. The fourth-order valence-electron chi connectivity index (χ4n) is 3.42. The Labute approximate surface area is 170 Å². The van der Waals surface area contributed by atoms with Crippen LogP contribution in [0.25, 0.3) is 16.8 Å². The van der Waals surface area contributed by atoms with E-state index < -0.39 is 0 Å². The van der Waals surface area contributed by atoms with Crippen LogP contribution in [-0.4, -0.2) is 11.7 Å². The molecule has 146 valence electrons. The number of aryl methyl sites for hydroxylation is 3. The number of aromatic nitrogens is 1. The van der Waals surface area contributed by atoms with Crippen LogP contribution in [0, 0.1) is 20.8 Å². The number of hydrogen-bond acceptors (Lipinski definition) is 6. The van der Waals surface area contributed by atoms with E-state index in [9.17, 15) is 0 Å². The second-order valence-corrected chi connectivity index (χ2v) is 7.21. The summed E-state index contributed by atoms with van der Waals surface area (Å²) in [6, 6.07) is 14.7. The van der Waals surface area contributed by atoms with Crippen LogP contribution in [0.4, 0.5) is 11.4 Å². The molecule has 5 nitrogen and oxygen atoms in total. The van der Waals surface area contributed by atoms with E-state index in [1.165, 1.54) is 5.56 Å². The van der Waals surface area contributed by atoms with Crippen LogP contribution in [0.1, 0.15) is 29.5 Å². The predicted molar refractivity (Wildman–Crippen MR) is 119 cm³/mol. The lowest BCUT2D eigenvalue weighted by atomic mass is 10.0. The van der Waals surface area contributed by atoms with E-state index in [2.05, 4.69) is 54.2 Å². The Kier molecular flexibility index (Phi) is 6.11. The fraction of sp³-hybridized carbons (Fsp3) is 0.227. The second-order valence-electron chi connectivity index (χ2n) is 6.70. The van der Waals surface area contributed by atoms with Crippen LogP contribution in [0.3, 0.4) is 0 Å². The van der Waals surface area contributed by atoms with Crippen molar-refractivity contribution in [3.05, 3.63) is 70.5 Å². The second kappa shape index (κ2) is 8.54. The maximum Gasteiger partial charge on any atom is 0.141 e. The molecule has 0 fully saturated rings. The molecule has 0 unspecified atom stereocenters. The molecule has 0 atom stereocenters. The first-order chi connectivity index (χ1) is 13.5. The van der Waals surface area contributed by atoms with Crippen LogP contribution in [-0.2, 0) is 0 Å². The Bertz CT molecular complexity index is 973. The van der Waals surface area contributed by atoms with Crippen molar-refractivity contribution in [3.8, 4) is 11.1 Å². The van der Waals surface area contributed by atoms with Gasteiger partial charge in [0.1, 0.15) is 5.76 Å². The van der Waals surface area contributed by atoms with Gasteiger partial charge in [-0.15, -0.1) is 0 Å². The van der Waals surface area contributed by atoms with Gasteiger partial charge < -0.3 is 15.2 Å². The molecule has 0 amide bonds. The smallest absolute Gasteiger partial charge is 0.141 e. The lowest BCUT2D eigenvalue weighted by Gasteiger charge is -2.26. The first kappa shape index (κ1) is 20.0. The summed E-state index contributed by atoms with van der Waals surface area (Å²) in [7, 11) is 0. The molecule has 0 saturated carbocycles. The van der Waals surface area contributed by atoms with E-state index in [0.717, 1.165) is 58.0 Å². The number of nitrogens with zero attached hydrogens (tertiary/aromatic N) is 2. The van der Waals surface area contributed by atoms with E-state index >= 15 is 0 Å². The molecular weight excluding hydrogens is 368 g/mol. The van der Waals surface area contributed by atoms with Crippen molar-refractivity contribution >= 4 is 29.0 Å². The molecule has 0 aliphatic carbocycles. The fourth-order valence-corrected chi connectivity index (χ4v) is 3.70. The van der Waals surface area contributed by atoms with Gasteiger partial charge in [0, 0.05) is 34.6 Å². The van der Waals surface area contributed by atoms with Crippen LogP contribution >= 0.6 is 11.9 Å². The van der Waals surface area contributed by atoms with Gasteiger partial charge in [-0.2, -0.15) is 0 Å². The highest BCUT2D eigenvalue weighted by atomic mass is 32.2. The number of benzene rings is 2. The molecule has 1 heterocycles. The minimum atomic E-state index is 0.665. The van der Waals surface area contributed by atoms with Gasteiger partial charge in [-0.25, -0.2) is 0 Å². The van der Waals surface area contributed by atoms with E-state index in [1.807, 2.05) is 26.0 Å². The Hall–Kier alpha value is -2.70. The Balaban J connectivity index is 2.01. The van der Waals surface area contributed by atoms with Crippen molar-refractivity contribution in [1.29, 1.82) is 0 Å². The highest BCUT2D eigenvalue weighted by molar-refractivity contribution is 8.00. The summed E-state index contributed by atoms with van der Waals surface area (Å²) in [5, 5.41) is 11.3. The molecule has 4 N–H and O–H groups in total. The molecule has 0 radical (unpaired) electrons. The van der Waals surface area contributed by atoms with E-state index in [-0.39, 0.29) is 0 Å². The van der Waals surface area contributed by atoms with Gasteiger partial charge in [0.15, 0.2) is 0 Å². The third kappa shape index (κ3) is 3.93. The van der Waals surface area contributed by atoms with Gasteiger partial charge in [-0.3, -0.25) is 5.14 Å². The normalized spacial score (nSPS) is 11.7. The average Bonchev–Trinajstić information content (AvgIpc) is 3.03. The molecule has 0 aliphatic rings. The maximum atomic E-state index is 6.03. The van der Waals surface area contributed by atoms with Gasteiger partial charge in [-0.1, -0.05) is 41.4 Å². The standard InChI is InChI=1S/C22H26N4OS/c1-5-26(19-10-8-17(9-11-19)20(23)13-28-24)21-12-18(7-6-14(21)2)22-15(3)25-27-16(22)4/h6-13H,5,23-24H2,1-4H3/b20-13-. The Morgan fingerprint density at radius 2 is 1.86 bits per heavy atom. The summed E-state index contributed by atoms with van der Waals surface area (Å²) < 4.78 is 5.36. The molecule has 3 rings (SSSR count). The summed E-state index contributed by atoms with van der Waals surface area (Å²) in [5.41, 5.74) is 14.2. The molecule has 3 aromatic rings. The van der Waals surface area contributed by atoms with E-state index in [0.29, 0.717) is 5.70 Å². The molecule has 1 aromatic heterocycles. The third-order valence-corrected chi connectivity index (χ3v) is 5.24. The van der Waals surface area contributed by atoms with Crippen molar-refractivity contribution in [2.75, 3.05) is 11.4 Å². The lowest BCUT2D eigenvalue weighted by molar-refractivity contribution is 0.393. The molecule has 6 heteroatoms. The quantitative estimate of drug-likeness (QED) is 0.553. The average molecular weight is 395 g/mol. The highest BCUT2D eigenvalue weighted by Gasteiger charge is 2.16. The molecular formula is C22H26N4OS. The summed E-state index contributed by atoms with van der Waals surface area (Å²) >= 11 is 1.11. The molecule has 2 aromatic carbocycles. The zero-order chi connectivity index (χ0) is 20.3. The summed E-state index contributed by atoms with van der Waals surface area (Å²) in [5.74, 6) is 0.833. The number of nitrogens with two attached hydrogens (primary N) is 2. The van der Waals surface area contributed by atoms with Gasteiger partial charge in [0.2, 0.25) is 0 Å². The Morgan fingerprint density at radius 3 is 2.43 bits per heavy atom. The largest absolute Gasteiger partial charge is 0.398 e. The predicted octanol–water partition coefficient (Wildman–Crippen LogP) is 5.29. The van der Waals surface area contributed by atoms with Gasteiger partial charge in [0.05, 0.1) is 5.69 Å². The maximum absolute atomic E-state index is 6.03. The molecule has 0 aliphatic heterocycles. The SMILES string of the molecule is CCN(c1ccc(/C(N)=C/SN)cc1)c1cc(-c2c(C)noc2C)ccc1C. The van der Waals surface area contributed by atoms with Crippen molar-refractivity contribution in [2.24, 2.45) is 10.9 Å². The summed E-state index contributed by atoms with van der Waals surface area (Å²) in [4.78, 5) is 2.29. The molecule has 0 bridgehead atoms. The number of hydrogen-bond donors (Lipinski definition) is 2.